The highest BCUT2D eigenvalue weighted by Gasteiger charge is 2.40. The van der Waals surface area contributed by atoms with Gasteiger partial charge in [-0.05, 0) is 31.0 Å². The van der Waals surface area contributed by atoms with Crippen molar-refractivity contribution in [3.05, 3.63) is 35.6 Å². The molecule has 6 rings (SSSR count). The number of aryl methyl sites for hydroxylation is 1. The van der Waals surface area contributed by atoms with Gasteiger partial charge in [-0.2, -0.15) is 4.98 Å². The van der Waals surface area contributed by atoms with E-state index in [1.807, 2.05) is 31.2 Å². The van der Waals surface area contributed by atoms with Gasteiger partial charge in [0.1, 0.15) is 11.3 Å². The standard InChI is InChI=1S/C25H29FN8S/c1-3-25(28)12-34(13-25)24-31-21-16(22(32-24)33-9-7-29-8-10-33)11-14(2)18(19(21)26)15-5-4-6-17-20(15)30-23(27)35-17/h4-6,11,29H,3,7-10,12-13,28H2,1-2H3,(H2,27,30). The third-order valence-corrected chi connectivity index (χ3v) is 8.07. The van der Waals surface area contributed by atoms with E-state index in [9.17, 15) is 0 Å². The Bertz CT molecular complexity index is 1440. The summed E-state index contributed by atoms with van der Waals surface area (Å²) in [6, 6.07) is 7.79. The Kier molecular flexibility index (Phi) is 5.28. The summed E-state index contributed by atoms with van der Waals surface area (Å²) in [6.07, 6.45) is 0.875. The maximum absolute atomic E-state index is 16.5. The van der Waals surface area contributed by atoms with E-state index in [4.69, 9.17) is 21.4 Å². The summed E-state index contributed by atoms with van der Waals surface area (Å²) < 4.78 is 17.4. The lowest BCUT2D eigenvalue weighted by Crippen LogP contribution is -2.67. The van der Waals surface area contributed by atoms with Crippen LogP contribution in [0.15, 0.2) is 24.3 Å². The number of hydrogen-bond donors (Lipinski definition) is 3. The van der Waals surface area contributed by atoms with Crippen molar-refractivity contribution in [2.75, 3.05) is 54.8 Å². The van der Waals surface area contributed by atoms with Crippen LogP contribution >= 0.6 is 11.3 Å². The van der Waals surface area contributed by atoms with Gasteiger partial charge in [0.2, 0.25) is 5.95 Å². The molecule has 182 valence electrons. The van der Waals surface area contributed by atoms with Crippen LogP contribution in [0.1, 0.15) is 18.9 Å². The summed E-state index contributed by atoms with van der Waals surface area (Å²) in [5.41, 5.74) is 15.3. The SMILES string of the molecule is CCC1(N)CN(c2nc(N3CCNCC3)c3cc(C)c(-c4cccc5sc(N)nc45)c(F)c3n2)C1. The molecular formula is C25H29FN8S. The van der Waals surface area contributed by atoms with Gasteiger partial charge in [-0.15, -0.1) is 0 Å². The van der Waals surface area contributed by atoms with Gasteiger partial charge in [0.05, 0.1) is 15.8 Å². The summed E-state index contributed by atoms with van der Waals surface area (Å²) in [7, 11) is 0. The van der Waals surface area contributed by atoms with Crippen LogP contribution in [0, 0.1) is 12.7 Å². The van der Waals surface area contributed by atoms with E-state index in [0.29, 0.717) is 40.8 Å². The number of thiazole rings is 1. The molecule has 2 aromatic heterocycles. The first-order valence-electron chi connectivity index (χ1n) is 12.0. The van der Waals surface area contributed by atoms with Crippen LogP contribution in [-0.2, 0) is 0 Å². The molecule has 5 N–H and O–H groups in total. The van der Waals surface area contributed by atoms with E-state index in [1.54, 1.807) is 0 Å². The summed E-state index contributed by atoms with van der Waals surface area (Å²) in [4.78, 5) is 18.5. The number of anilines is 3. The lowest BCUT2D eigenvalue weighted by molar-refractivity contribution is 0.318. The third-order valence-electron chi connectivity index (χ3n) is 7.22. The molecule has 0 amide bonds. The summed E-state index contributed by atoms with van der Waals surface area (Å²) in [6.45, 7) is 8.68. The molecule has 2 fully saturated rings. The molecule has 8 nitrogen and oxygen atoms in total. The van der Waals surface area contributed by atoms with Crippen LogP contribution < -0.4 is 26.6 Å². The van der Waals surface area contributed by atoms with Crippen molar-refractivity contribution in [2.24, 2.45) is 5.73 Å². The number of piperazine rings is 1. The number of nitrogens with one attached hydrogen (secondary N) is 1. The van der Waals surface area contributed by atoms with Gasteiger partial charge in [-0.1, -0.05) is 30.4 Å². The Labute approximate surface area is 207 Å². The largest absolute Gasteiger partial charge is 0.375 e. The number of nitrogen functional groups attached to an aromatic ring is 1. The predicted octanol–water partition coefficient (Wildman–Crippen LogP) is 3.27. The van der Waals surface area contributed by atoms with Gasteiger partial charge in [0.15, 0.2) is 10.9 Å². The quantitative estimate of drug-likeness (QED) is 0.398. The van der Waals surface area contributed by atoms with Crippen molar-refractivity contribution in [3.8, 4) is 11.1 Å². The Morgan fingerprint density at radius 3 is 2.63 bits per heavy atom. The molecule has 2 aromatic carbocycles. The number of halogens is 1. The van der Waals surface area contributed by atoms with Crippen LogP contribution in [0.4, 0.5) is 21.3 Å². The number of nitrogens with two attached hydrogens (primary N) is 2. The average molecular weight is 493 g/mol. The van der Waals surface area contributed by atoms with Crippen molar-refractivity contribution >= 4 is 49.4 Å². The first-order chi connectivity index (χ1) is 16.9. The Hall–Kier alpha value is -3.08. The van der Waals surface area contributed by atoms with Crippen LogP contribution in [-0.4, -0.2) is 59.8 Å². The van der Waals surface area contributed by atoms with Crippen molar-refractivity contribution in [1.82, 2.24) is 20.3 Å². The molecule has 0 spiro atoms. The number of benzene rings is 2. The molecule has 4 heterocycles. The minimum absolute atomic E-state index is 0.245. The number of rotatable bonds is 4. The van der Waals surface area contributed by atoms with Gasteiger partial charge >= 0.3 is 0 Å². The molecule has 2 aliphatic heterocycles. The van der Waals surface area contributed by atoms with E-state index in [-0.39, 0.29) is 11.4 Å². The van der Waals surface area contributed by atoms with E-state index >= 15 is 4.39 Å². The normalized spacial score (nSPS) is 17.8. The molecule has 10 heteroatoms. The topological polar surface area (TPSA) is 109 Å². The molecule has 0 bridgehead atoms. The molecule has 0 atom stereocenters. The first kappa shape index (κ1) is 22.4. The number of aromatic nitrogens is 3. The molecule has 35 heavy (non-hydrogen) atoms. The zero-order chi connectivity index (χ0) is 24.3. The Morgan fingerprint density at radius 1 is 1.11 bits per heavy atom. The second-order valence-electron chi connectivity index (χ2n) is 9.64. The molecule has 4 aromatic rings. The van der Waals surface area contributed by atoms with Crippen LogP contribution in [0.3, 0.4) is 0 Å². The summed E-state index contributed by atoms with van der Waals surface area (Å²) >= 11 is 1.40. The molecule has 2 aliphatic rings. The van der Waals surface area contributed by atoms with Gasteiger partial charge in [0.25, 0.3) is 0 Å². The Morgan fingerprint density at radius 2 is 1.89 bits per heavy atom. The number of hydrogen-bond acceptors (Lipinski definition) is 9. The van der Waals surface area contributed by atoms with Crippen LogP contribution in [0.25, 0.3) is 32.2 Å². The van der Waals surface area contributed by atoms with Gasteiger partial charge in [-0.25, -0.2) is 14.4 Å². The fourth-order valence-electron chi connectivity index (χ4n) is 5.16. The first-order valence-corrected chi connectivity index (χ1v) is 12.8. The van der Waals surface area contributed by atoms with Crippen molar-refractivity contribution in [3.63, 3.8) is 0 Å². The molecule has 0 aliphatic carbocycles. The van der Waals surface area contributed by atoms with Gasteiger partial charge < -0.3 is 26.6 Å². The average Bonchev–Trinajstić information content (AvgIpc) is 3.23. The lowest BCUT2D eigenvalue weighted by atomic mass is 9.89. The lowest BCUT2D eigenvalue weighted by Gasteiger charge is -2.47. The van der Waals surface area contributed by atoms with Crippen LogP contribution in [0.2, 0.25) is 0 Å². The number of para-hydroxylation sites is 1. The monoisotopic (exact) mass is 492 g/mol. The van der Waals surface area contributed by atoms with E-state index in [1.165, 1.54) is 11.3 Å². The molecule has 0 unspecified atom stereocenters. The van der Waals surface area contributed by atoms with Crippen LogP contribution in [0.5, 0.6) is 0 Å². The van der Waals surface area contributed by atoms with Gasteiger partial charge in [0, 0.05) is 55.8 Å². The number of fused-ring (bicyclic) bond motifs is 2. The third kappa shape index (κ3) is 3.67. The van der Waals surface area contributed by atoms with Crippen molar-refractivity contribution < 1.29 is 4.39 Å². The fraction of sp³-hybridized carbons (Fsp3) is 0.400. The molecular weight excluding hydrogens is 463 g/mol. The van der Waals surface area contributed by atoms with E-state index in [0.717, 1.165) is 59.6 Å². The van der Waals surface area contributed by atoms with E-state index in [2.05, 4.69) is 27.0 Å². The Balaban J connectivity index is 1.56. The zero-order valence-corrected chi connectivity index (χ0v) is 20.8. The van der Waals surface area contributed by atoms with Crippen molar-refractivity contribution in [2.45, 2.75) is 25.8 Å². The smallest absolute Gasteiger partial charge is 0.228 e. The second-order valence-corrected chi connectivity index (χ2v) is 10.7. The minimum atomic E-state index is -0.353. The maximum atomic E-state index is 16.5. The summed E-state index contributed by atoms with van der Waals surface area (Å²) in [5, 5.41) is 4.58. The van der Waals surface area contributed by atoms with E-state index < -0.39 is 0 Å². The number of nitrogens with zero attached hydrogens (tertiary/aromatic N) is 5. The zero-order valence-electron chi connectivity index (χ0n) is 19.9. The highest BCUT2D eigenvalue weighted by molar-refractivity contribution is 7.22. The summed E-state index contributed by atoms with van der Waals surface area (Å²) in [5.74, 6) is 0.960. The van der Waals surface area contributed by atoms with Crippen molar-refractivity contribution in [1.29, 1.82) is 0 Å². The molecule has 2 saturated heterocycles. The highest BCUT2D eigenvalue weighted by atomic mass is 32.1. The fourth-order valence-corrected chi connectivity index (χ4v) is 5.92. The van der Waals surface area contributed by atoms with Gasteiger partial charge in [-0.3, -0.25) is 0 Å². The maximum Gasteiger partial charge on any atom is 0.228 e. The molecule has 0 radical (unpaired) electrons. The molecule has 0 saturated carbocycles. The highest BCUT2D eigenvalue weighted by Crippen LogP contribution is 2.40. The second kappa shape index (κ2) is 8.25. The minimum Gasteiger partial charge on any atom is -0.375 e. The predicted molar refractivity (Wildman–Crippen MR) is 142 cm³/mol.